The number of nitrogens with zero attached hydrogens (tertiary/aromatic N) is 3. The number of rotatable bonds is 1. The molecule has 5 atom stereocenters. The SMILES string of the molecule is O=C(NC1CCN2CCCCC12)N1CC2CN3CCCCC3C2C1. The number of fused-ring (bicyclic) bond motifs is 4. The molecule has 24 heavy (non-hydrogen) atoms. The van der Waals surface area contributed by atoms with E-state index in [0.29, 0.717) is 12.1 Å². The number of likely N-dealkylation sites (tertiary alicyclic amines) is 1. The molecule has 5 rings (SSSR count). The second-order valence-corrected chi connectivity index (χ2v) is 8.83. The fraction of sp³-hybridized carbons (Fsp3) is 0.947. The molecule has 5 aliphatic heterocycles. The van der Waals surface area contributed by atoms with Crippen molar-refractivity contribution in [1.29, 1.82) is 0 Å². The van der Waals surface area contributed by atoms with E-state index in [-0.39, 0.29) is 6.03 Å². The smallest absolute Gasteiger partial charge is 0.317 e. The minimum atomic E-state index is 0.226. The van der Waals surface area contributed by atoms with Crippen LogP contribution in [0.3, 0.4) is 0 Å². The van der Waals surface area contributed by atoms with Crippen molar-refractivity contribution in [2.45, 2.75) is 63.1 Å². The monoisotopic (exact) mass is 332 g/mol. The molecule has 0 aromatic heterocycles. The normalized spacial score (nSPS) is 42.7. The Morgan fingerprint density at radius 1 is 0.792 bits per heavy atom. The molecule has 5 fully saturated rings. The van der Waals surface area contributed by atoms with Crippen LogP contribution in [0.5, 0.6) is 0 Å². The molecule has 5 aliphatic rings. The van der Waals surface area contributed by atoms with E-state index in [9.17, 15) is 4.79 Å². The molecule has 5 nitrogen and oxygen atoms in total. The molecule has 0 radical (unpaired) electrons. The first kappa shape index (κ1) is 15.4. The summed E-state index contributed by atoms with van der Waals surface area (Å²) in [6.45, 7) is 6.94. The molecule has 134 valence electrons. The van der Waals surface area contributed by atoms with Crippen LogP contribution in [0.2, 0.25) is 0 Å². The second-order valence-electron chi connectivity index (χ2n) is 8.83. The Kier molecular flexibility index (Phi) is 3.97. The van der Waals surface area contributed by atoms with Gasteiger partial charge < -0.3 is 10.2 Å². The number of carbonyl (C=O) groups is 1. The lowest BCUT2D eigenvalue weighted by atomic mass is 9.90. The maximum Gasteiger partial charge on any atom is 0.317 e. The molecule has 0 bridgehead atoms. The van der Waals surface area contributed by atoms with Gasteiger partial charge in [0, 0.05) is 44.3 Å². The van der Waals surface area contributed by atoms with Crippen molar-refractivity contribution >= 4 is 6.03 Å². The summed E-state index contributed by atoms with van der Waals surface area (Å²) in [4.78, 5) is 20.3. The average Bonchev–Trinajstić information content (AvgIpc) is 3.27. The third kappa shape index (κ3) is 2.55. The molecule has 0 aromatic carbocycles. The Morgan fingerprint density at radius 2 is 1.58 bits per heavy atom. The summed E-state index contributed by atoms with van der Waals surface area (Å²) in [5.74, 6) is 1.47. The number of hydrogen-bond acceptors (Lipinski definition) is 3. The van der Waals surface area contributed by atoms with Gasteiger partial charge in [0.15, 0.2) is 0 Å². The highest BCUT2D eigenvalue weighted by Gasteiger charge is 2.48. The summed E-state index contributed by atoms with van der Waals surface area (Å²) in [5, 5.41) is 3.41. The molecule has 0 aliphatic carbocycles. The highest BCUT2D eigenvalue weighted by atomic mass is 16.2. The van der Waals surface area contributed by atoms with E-state index in [4.69, 9.17) is 0 Å². The zero-order valence-electron chi connectivity index (χ0n) is 14.8. The van der Waals surface area contributed by atoms with Crippen molar-refractivity contribution in [3.05, 3.63) is 0 Å². The minimum absolute atomic E-state index is 0.226. The average molecular weight is 332 g/mol. The molecule has 5 saturated heterocycles. The third-order valence-corrected chi connectivity index (χ3v) is 7.57. The Labute approximate surface area is 145 Å². The predicted molar refractivity (Wildman–Crippen MR) is 93.9 cm³/mol. The first-order valence-corrected chi connectivity index (χ1v) is 10.3. The van der Waals surface area contributed by atoms with Crippen LogP contribution in [0.4, 0.5) is 4.79 Å². The topological polar surface area (TPSA) is 38.8 Å². The molecule has 1 N–H and O–H groups in total. The summed E-state index contributed by atoms with van der Waals surface area (Å²) >= 11 is 0. The van der Waals surface area contributed by atoms with E-state index in [2.05, 4.69) is 20.0 Å². The van der Waals surface area contributed by atoms with Crippen molar-refractivity contribution in [2.75, 3.05) is 39.3 Å². The van der Waals surface area contributed by atoms with Gasteiger partial charge in [-0.15, -0.1) is 0 Å². The number of carbonyl (C=O) groups excluding carboxylic acids is 1. The highest BCUT2D eigenvalue weighted by Crippen LogP contribution is 2.40. The quantitative estimate of drug-likeness (QED) is 0.795. The highest BCUT2D eigenvalue weighted by molar-refractivity contribution is 5.75. The van der Waals surface area contributed by atoms with Gasteiger partial charge in [0.25, 0.3) is 0 Å². The molecule has 0 spiro atoms. The summed E-state index contributed by atoms with van der Waals surface area (Å²) in [5.41, 5.74) is 0. The van der Waals surface area contributed by atoms with Gasteiger partial charge in [-0.1, -0.05) is 12.8 Å². The van der Waals surface area contributed by atoms with E-state index >= 15 is 0 Å². The number of nitrogens with one attached hydrogen (secondary N) is 1. The Bertz CT molecular complexity index is 498. The van der Waals surface area contributed by atoms with Crippen LogP contribution in [0.15, 0.2) is 0 Å². The van der Waals surface area contributed by atoms with E-state index in [1.54, 1.807) is 0 Å². The van der Waals surface area contributed by atoms with Gasteiger partial charge in [-0.2, -0.15) is 0 Å². The van der Waals surface area contributed by atoms with Gasteiger partial charge in [-0.25, -0.2) is 4.79 Å². The molecule has 5 heterocycles. The molecule has 0 aromatic rings. The van der Waals surface area contributed by atoms with E-state index in [1.807, 2.05) is 0 Å². The van der Waals surface area contributed by atoms with E-state index < -0.39 is 0 Å². The number of piperidine rings is 2. The minimum Gasteiger partial charge on any atom is -0.334 e. The Balaban J connectivity index is 1.19. The lowest BCUT2D eigenvalue weighted by molar-refractivity contribution is 0.149. The van der Waals surface area contributed by atoms with Gasteiger partial charge in [0.1, 0.15) is 0 Å². The first-order chi connectivity index (χ1) is 11.8. The van der Waals surface area contributed by atoms with Crippen LogP contribution in [-0.4, -0.2) is 78.1 Å². The van der Waals surface area contributed by atoms with Crippen molar-refractivity contribution in [1.82, 2.24) is 20.0 Å². The molecule has 2 amide bonds. The van der Waals surface area contributed by atoms with Crippen LogP contribution in [0.25, 0.3) is 0 Å². The van der Waals surface area contributed by atoms with Crippen LogP contribution >= 0.6 is 0 Å². The van der Waals surface area contributed by atoms with Crippen LogP contribution < -0.4 is 5.32 Å². The van der Waals surface area contributed by atoms with Gasteiger partial charge >= 0.3 is 6.03 Å². The second kappa shape index (κ2) is 6.17. The third-order valence-electron chi connectivity index (χ3n) is 7.57. The standard InChI is InChI=1S/C19H32N4O/c24-19(20-16-7-10-21-8-3-2-6-18(16)21)23-12-14-11-22-9-4-1-5-17(22)15(14)13-23/h14-18H,1-13H2,(H,20,24). The van der Waals surface area contributed by atoms with Gasteiger partial charge in [-0.05, 0) is 57.0 Å². The molecule has 5 unspecified atom stereocenters. The number of urea groups is 1. The van der Waals surface area contributed by atoms with Crippen molar-refractivity contribution in [2.24, 2.45) is 11.8 Å². The van der Waals surface area contributed by atoms with E-state index in [1.165, 1.54) is 64.7 Å². The zero-order valence-corrected chi connectivity index (χ0v) is 14.8. The summed E-state index contributed by atoms with van der Waals surface area (Å²) in [7, 11) is 0. The fourth-order valence-corrected chi connectivity index (χ4v) is 6.39. The Morgan fingerprint density at radius 3 is 2.46 bits per heavy atom. The van der Waals surface area contributed by atoms with E-state index in [0.717, 1.165) is 37.4 Å². The fourth-order valence-electron chi connectivity index (χ4n) is 6.39. The Hall–Kier alpha value is -0.810. The largest absolute Gasteiger partial charge is 0.334 e. The van der Waals surface area contributed by atoms with Crippen LogP contribution in [0.1, 0.15) is 44.9 Å². The van der Waals surface area contributed by atoms with Crippen LogP contribution in [0, 0.1) is 11.8 Å². The van der Waals surface area contributed by atoms with Crippen molar-refractivity contribution in [3.63, 3.8) is 0 Å². The molecule has 0 saturated carbocycles. The molecular formula is C19H32N4O. The first-order valence-electron chi connectivity index (χ1n) is 10.3. The maximum atomic E-state index is 12.8. The lowest BCUT2D eigenvalue weighted by Crippen LogP contribution is -2.51. The summed E-state index contributed by atoms with van der Waals surface area (Å²) in [6.07, 6.45) is 9.20. The van der Waals surface area contributed by atoms with Gasteiger partial charge in [-0.3, -0.25) is 9.80 Å². The predicted octanol–water partition coefficient (Wildman–Crippen LogP) is 1.74. The lowest BCUT2D eigenvalue weighted by Gasteiger charge is -2.34. The molecular weight excluding hydrogens is 300 g/mol. The zero-order chi connectivity index (χ0) is 16.1. The maximum absolute atomic E-state index is 12.8. The molecule has 5 heteroatoms. The van der Waals surface area contributed by atoms with Gasteiger partial charge in [0.05, 0.1) is 0 Å². The summed E-state index contributed by atoms with van der Waals surface area (Å²) in [6, 6.07) is 1.99. The number of amides is 2. The van der Waals surface area contributed by atoms with Gasteiger partial charge in [0.2, 0.25) is 0 Å². The summed E-state index contributed by atoms with van der Waals surface area (Å²) < 4.78 is 0. The van der Waals surface area contributed by atoms with Crippen molar-refractivity contribution in [3.8, 4) is 0 Å². The van der Waals surface area contributed by atoms with Crippen LogP contribution in [-0.2, 0) is 0 Å². The number of hydrogen-bond donors (Lipinski definition) is 1. The van der Waals surface area contributed by atoms with Crippen molar-refractivity contribution < 1.29 is 4.79 Å².